The minimum Gasteiger partial charge on any atom is -0.497 e. The van der Waals surface area contributed by atoms with Gasteiger partial charge in [0.15, 0.2) is 0 Å². The highest BCUT2D eigenvalue weighted by Gasteiger charge is 2.41. The quantitative estimate of drug-likeness (QED) is 0.801. The SMILES string of the molecule is COc1cc(OC)cc(C2(CC(C)=O)COC2)c1. The maximum absolute atomic E-state index is 11.4. The lowest BCUT2D eigenvalue weighted by molar-refractivity contribution is -0.125. The van der Waals surface area contributed by atoms with Gasteiger partial charge in [0.25, 0.3) is 0 Å². The standard InChI is InChI=1S/C14H18O4/c1-10(15)7-14(8-18-9-14)11-4-12(16-2)6-13(5-11)17-3/h4-6H,7-9H2,1-3H3. The number of ether oxygens (including phenoxy) is 3. The van der Waals surface area contributed by atoms with E-state index in [1.807, 2.05) is 18.2 Å². The molecule has 1 aromatic carbocycles. The average Bonchev–Trinajstić information content (AvgIpc) is 2.32. The van der Waals surface area contributed by atoms with Gasteiger partial charge in [0.1, 0.15) is 17.3 Å². The molecule has 1 aliphatic heterocycles. The summed E-state index contributed by atoms with van der Waals surface area (Å²) in [7, 11) is 3.24. The lowest BCUT2D eigenvalue weighted by Crippen LogP contribution is -2.48. The normalized spacial score (nSPS) is 16.8. The minimum atomic E-state index is -0.215. The first-order valence-electron chi connectivity index (χ1n) is 5.90. The summed E-state index contributed by atoms with van der Waals surface area (Å²) < 4.78 is 15.8. The second-order valence-corrected chi connectivity index (χ2v) is 4.75. The topological polar surface area (TPSA) is 44.8 Å². The lowest BCUT2D eigenvalue weighted by atomic mass is 9.75. The van der Waals surface area contributed by atoms with E-state index in [0.717, 1.165) is 17.1 Å². The number of methoxy groups -OCH3 is 2. The molecule has 98 valence electrons. The van der Waals surface area contributed by atoms with Crippen LogP contribution in [-0.4, -0.2) is 33.2 Å². The fourth-order valence-corrected chi connectivity index (χ4v) is 2.31. The van der Waals surface area contributed by atoms with E-state index in [0.29, 0.717) is 19.6 Å². The molecule has 0 aliphatic carbocycles. The van der Waals surface area contributed by atoms with Crippen molar-refractivity contribution in [1.82, 2.24) is 0 Å². The third-order valence-electron chi connectivity index (χ3n) is 3.31. The van der Waals surface area contributed by atoms with Gasteiger partial charge in [-0.25, -0.2) is 0 Å². The Morgan fingerprint density at radius 1 is 1.22 bits per heavy atom. The Bertz CT molecular complexity index is 427. The molecule has 0 amide bonds. The van der Waals surface area contributed by atoms with Crippen LogP contribution < -0.4 is 9.47 Å². The van der Waals surface area contributed by atoms with Crippen LogP contribution in [0.5, 0.6) is 11.5 Å². The summed E-state index contributed by atoms with van der Waals surface area (Å²) in [4.78, 5) is 11.4. The highest BCUT2D eigenvalue weighted by Crippen LogP contribution is 2.39. The first kappa shape index (κ1) is 12.9. The van der Waals surface area contributed by atoms with Gasteiger partial charge in [0.05, 0.1) is 27.4 Å². The van der Waals surface area contributed by atoms with Crippen LogP contribution in [0.2, 0.25) is 0 Å². The Balaban J connectivity index is 2.38. The van der Waals surface area contributed by atoms with E-state index in [4.69, 9.17) is 14.2 Å². The molecule has 1 fully saturated rings. The summed E-state index contributed by atoms with van der Waals surface area (Å²) in [6, 6.07) is 5.73. The first-order valence-corrected chi connectivity index (χ1v) is 5.90. The molecule has 1 saturated heterocycles. The van der Waals surface area contributed by atoms with E-state index < -0.39 is 0 Å². The molecule has 1 heterocycles. The Hall–Kier alpha value is -1.55. The largest absolute Gasteiger partial charge is 0.497 e. The number of Topliss-reactive ketones (excluding diaryl/α,β-unsaturated/α-hetero) is 1. The van der Waals surface area contributed by atoms with Gasteiger partial charge in [-0.15, -0.1) is 0 Å². The van der Waals surface area contributed by atoms with Gasteiger partial charge in [-0.3, -0.25) is 4.79 Å². The van der Waals surface area contributed by atoms with Crippen molar-refractivity contribution in [2.75, 3.05) is 27.4 Å². The molecule has 0 N–H and O–H groups in total. The van der Waals surface area contributed by atoms with Crippen LogP contribution in [0.1, 0.15) is 18.9 Å². The van der Waals surface area contributed by atoms with Crippen molar-refractivity contribution in [2.45, 2.75) is 18.8 Å². The van der Waals surface area contributed by atoms with Crippen molar-refractivity contribution >= 4 is 5.78 Å². The summed E-state index contributed by atoms with van der Waals surface area (Å²) in [5.41, 5.74) is 0.827. The molecule has 0 bridgehead atoms. The van der Waals surface area contributed by atoms with Crippen molar-refractivity contribution < 1.29 is 19.0 Å². The van der Waals surface area contributed by atoms with Crippen LogP contribution in [0.3, 0.4) is 0 Å². The first-order chi connectivity index (χ1) is 8.59. The Morgan fingerprint density at radius 3 is 2.11 bits per heavy atom. The number of hydrogen-bond acceptors (Lipinski definition) is 4. The molecular weight excluding hydrogens is 232 g/mol. The van der Waals surface area contributed by atoms with E-state index in [-0.39, 0.29) is 11.2 Å². The highest BCUT2D eigenvalue weighted by molar-refractivity contribution is 5.77. The second kappa shape index (κ2) is 4.98. The van der Waals surface area contributed by atoms with Crippen molar-refractivity contribution in [3.05, 3.63) is 23.8 Å². The number of carbonyl (C=O) groups excluding carboxylic acids is 1. The van der Waals surface area contributed by atoms with Crippen LogP contribution in [0, 0.1) is 0 Å². The van der Waals surface area contributed by atoms with Crippen LogP contribution in [0.25, 0.3) is 0 Å². The van der Waals surface area contributed by atoms with Gasteiger partial charge in [0.2, 0.25) is 0 Å². The van der Waals surface area contributed by atoms with E-state index in [1.165, 1.54) is 0 Å². The van der Waals surface area contributed by atoms with Gasteiger partial charge in [-0.2, -0.15) is 0 Å². The number of hydrogen-bond donors (Lipinski definition) is 0. The molecule has 0 radical (unpaired) electrons. The third kappa shape index (κ3) is 2.34. The van der Waals surface area contributed by atoms with Gasteiger partial charge in [-0.1, -0.05) is 0 Å². The molecule has 18 heavy (non-hydrogen) atoms. The molecule has 1 aromatic rings. The molecule has 4 heteroatoms. The van der Waals surface area contributed by atoms with Gasteiger partial charge >= 0.3 is 0 Å². The smallest absolute Gasteiger partial charge is 0.130 e. The molecule has 0 aromatic heterocycles. The van der Waals surface area contributed by atoms with Crippen molar-refractivity contribution in [2.24, 2.45) is 0 Å². The van der Waals surface area contributed by atoms with E-state index in [9.17, 15) is 4.79 Å². The fraction of sp³-hybridized carbons (Fsp3) is 0.500. The fourth-order valence-electron chi connectivity index (χ4n) is 2.31. The van der Waals surface area contributed by atoms with Crippen LogP contribution in [-0.2, 0) is 14.9 Å². The molecule has 0 spiro atoms. The number of carbonyl (C=O) groups is 1. The Labute approximate surface area is 107 Å². The van der Waals surface area contributed by atoms with Gasteiger partial charge in [0, 0.05) is 17.9 Å². The number of rotatable bonds is 5. The summed E-state index contributed by atoms with van der Waals surface area (Å²) in [5.74, 6) is 1.64. The predicted molar refractivity (Wildman–Crippen MR) is 67.3 cm³/mol. The van der Waals surface area contributed by atoms with Crippen LogP contribution in [0.4, 0.5) is 0 Å². The monoisotopic (exact) mass is 250 g/mol. The minimum absolute atomic E-state index is 0.167. The zero-order valence-corrected chi connectivity index (χ0v) is 11.0. The Morgan fingerprint density at radius 2 is 1.78 bits per heavy atom. The van der Waals surface area contributed by atoms with Crippen molar-refractivity contribution in [3.8, 4) is 11.5 Å². The molecular formula is C14H18O4. The van der Waals surface area contributed by atoms with Crippen molar-refractivity contribution in [1.29, 1.82) is 0 Å². The summed E-state index contributed by atoms with van der Waals surface area (Å²) in [6.07, 6.45) is 0.489. The maximum atomic E-state index is 11.4. The molecule has 4 nitrogen and oxygen atoms in total. The maximum Gasteiger partial charge on any atom is 0.130 e. The average molecular weight is 250 g/mol. The molecule has 1 aliphatic rings. The van der Waals surface area contributed by atoms with E-state index in [1.54, 1.807) is 21.1 Å². The summed E-state index contributed by atoms with van der Waals surface area (Å²) in [5, 5.41) is 0. The number of benzene rings is 1. The summed E-state index contributed by atoms with van der Waals surface area (Å²) >= 11 is 0. The van der Waals surface area contributed by atoms with Crippen molar-refractivity contribution in [3.63, 3.8) is 0 Å². The predicted octanol–water partition coefficient (Wildman–Crippen LogP) is 1.95. The summed E-state index contributed by atoms with van der Waals surface area (Å²) in [6.45, 7) is 2.75. The molecule has 0 atom stereocenters. The van der Waals surface area contributed by atoms with Gasteiger partial charge in [-0.05, 0) is 24.6 Å². The third-order valence-corrected chi connectivity index (χ3v) is 3.31. The van der Waals surface area contributed by atoms with Crippen LogP contribution >= 0.6 is 0 Å². The molecule has 0 saturated carbocycles. The van der Waals surface area contributed by atoms with E-state index in [2.05, 4.69) is 0 Å². The van der Waals surface area contributed by atoms with Crippen LogP contribution in [0.15, 0.2) is 18.2 Å². The molecule has 0 unspecified atom stereocenters. The number of ketones is 1. The molecule has 2 rings (SSSR count). The zero-order valence-electron chi connectivity index (χ0n) is 11.0. The van der Waals surface area contributed by atoms with E-state index >= 15 is 0 Å². The second-order valence-electron chi connectivity index (χ2n) is 4.75. The van der Waals surface area contributed by atoms with Gasteiger partial charge < -0.3 is 14.2 Å². The zero-order chi connectivity index (χ0) is 13.2. The lowest BCUT2D eigenvalue weighted by Gasteiger charge is -2.41. The Kier molecular flexibility index (Phi) is 3.57. The highest BCUT2D eigenvalue weighted by atomic mass is 16.5.